The maximum absolute atomic E-state index is 12.7. The first-order valence-corrected chi connectivity index (χ1v) is 8.74. The average molecular weight is 326 g/mol. The fraction of sp³-hybridized carbons (Fsp3) is 0.500. The minimum atomic E-state index is 0.0270. The number of carbonyl (C=O) groups is 2. The van der Waals surface area contributed by atoms with Crippen molar-refractivity contribution >= 4 is 22.8 Å². The Hall–Kier alpha value is -2.37. The molecule has 2 aliphatic heterocycles. The van der Waals surface area contributed by atoms with Gasteiger partial charge in [0.05, 0.1) is 17.1 Å². The summed E-state index contributed by atoms with van der Waals surface area (Å²) in [5, 5.41) is 0. The van der Waals surface area contributed by atoms with Crippen LogP contribution < -0.4 is 0 Å². The Morgan fingerprint density at radius 1 is 1.25 bits per heavy atom. The number of H-pyrrole nitrogens is 1. The van der Waals surface area contributed by atoms with Crippen molar-refractivity contribution in [2.45, 2.75) is 38.1 Å². The zero-order valence-corrected chi connectivity index (χ0v) is 13.7. The highest BCUT2D eigenvalue weighted by atomic mass is 16.2. The summed E-state index contributed by atoms with van der Waals surface area (Å²) in [7, 11) is 0. The van der Waals surface area contributed by atoms with Crippen LogP contribution in [0.3, 0.4) is 0 Å². The predicted octanol–water partition coefficient (Wildman–Crippen LogP) is 2.24. The maximum Gasteiger partial charge on any atom is 0.224 e. The SMILES string of the molecule is O=C1CCCN1CCC(=O)N1CCC[C@@H]1c1nc2ccccc2[nH]1. The van der Waals surface area contributed by atoms with Gasteiger partial charge >= 0.3 is 0 Å². The third-order valence-electron chi connectivity index (χ3n) is 5.06. The van der Waals surface area contributed by atoms with Crippen molar-refractivity contribution < 1.29 is 9.59 Å². The molecule has 0 bridgehead atoms. The van der Waals surface area contributed by atoms with Crippen molar-refractivity contribution in [2.24, 2.45) is 0 Å². The molecule has 1 atom stereocenters. The number of para-hydroxylation sites is 2. The topological polar surface area (TPSA) is 69.3 Å². The number of fused-ring (bicyclic) bond motifs is 1. The molecule has 24 heavy (non-hydrogen) atoms. The highest BCUT2D eigenvalue weighted by Crippen LogP contribution is 2.32. The second-order valence-electron chi connectivity index (χ2n) is 6.62. The van der Waals surface area contributed by atoms with Gasteiger partial charge in [-0.2, -0.15) is 0 Å². The molecule has 2 saturated heterocycles. The summed E-state index contributed by atoms with van der Waals surface area (Å²) in [5.41, 5.74) is 1.95. The number of aromatic nitrogens is 2. The van der Waals surface area contributed by atoms with Crippen LogP contribution in [-0.2, 0) is 9.59 Å². The molecule has 1 aromatic heterocycles. The number of benzene rings is 1. The van der Waals surface area contributed by atoms with E-state index in [-0.39, 0.29) is 17.9 Å². The second kappa shape index (κ2) is 6.26. The van der Waals surface area contributed by atoms with Crippen molar-refractivity contribution in [3.05, 3.63) is 30.1 Å². The van der Waals surface area contributed by atoms with E-state index in [1.165, 1.54) is 0 Å². The number of hydrogen-bond acceptors (Lipinski definition) is 3. The number of imidazole rings is 1. The molecule has 2 aliphatic rings. The molecular weight excluding hydrogens is 304 g/mol. The average Bonchev–Trinajstić information content (AvgIpc) is 3.31. The Morgan fingerprint density at radius 3 is 2.92 bits per heavy atom. The molecule has 0 aliphatic carbocycles. The van der Waals surface area contributed by atoms with Crippen LogP contribution in [0, 0.1) is 0 Å². The molecule has 1 N–H and O–H groups in total. The lowest BCUT2D eigenvalue weighted by atomic mass is 10.2. The van der Waals surface area contributed by atoms with E-state index < -0.39 is 0 Å². The summed E-state index contributed by atoms with van der Waals surface area (Å²) in [6.45, 7) is 2.11. The van der Waals surface area contributed by atoms with Crippen molar-refractivity contribution in [2.75, 3.05) is 19.6 Å². The van der Waals surface area contributed by atoms with Gasteiger partial charge in [0.25, 0.3) is 0 Å². The monoisotopic (exact) mass is 326 g/mol. The minimum Gasteiger partial charge on any atom is -0.342 e. The normalized spacial score (nSPS) is 21.2. The second-order valence-corrected chi connectivity index (χ2v) is 6.62. The molecule has 6 heteroatoms. The third-order valence-corrected chi connectivity index (χ3v) is 5.06. The molecule has 2 amide bonds. The molecule has 3 heterocycles. The quantitative estimate of drug-likeness (QED) is 0.937. The first-order valence-electron chi connectivity index (χ1n) is 8.74. The predicted molar refractivity (Wildman–Crippen MR) is 90.2 cm³/mol. The van der Waals surface area contributed by atoms with Gasteiger partial charge in [0.15, 0.2) is 0 Å². The molecule has 0 spiro atoms. The van der Waals surface area contributed by atoms with Crippen molar-refractivity contribution in [3.8, 4) is 0 Å². The molecule has 0 saturated carbocycles. The molecule has 126 valence electrons. The lowest BCUT2D eigenvalue weighted by Crippen LogP contribution is -2.35. The summed E-state index contributed by atoms with van der Waals surface area (Å²) in [6, 6.07) is 7.97. The molecule has 0 unspecified atom stereocenters. The standard InChI is InChI=1S/C18H22N4O2/c23-16-8-4-10-21(16)12-9-17(24)22-11-3-7-15(22)18-19-13-5-1-2-6-14(13)20-18/h1-2,5-6,15H,3-4,7-12H2,(H,19,20)/t15-/m1/s1. The van der Waals surface area contributed by atoms with Crippen molar-refractivity contribution in [1.29, 1.82) is 0 Å². The van der Waals surface area contributed by atoms with Gasteiger partial charge in [-0.3, -0.25) is 9.59 Å². The number of carbonyl (C=O) groups excluding carboxylic acids is 2. The van der Waals surface area contributed by atoms with E-state index in [0.29, 0.717) is 19.4 Å². The number of nitrogens with one attached hydrogen (secondary N) is 1. The number of amides is 2. The lowest BCUT2D eigenvalue weighted by molar-refractivity contribution is -0.133. The van der Waals surface area contributed by atoms with Crippen LogP contribution in [-0.4, -0.2) is 51.2 Å². The van der Waals surface area contributed by atoms with Crippen molar-refractivity contribution in [1.82, 2.24) is 19.8 Å². The Morgan fingerprint density at radius 2 is 2.12 bits per heavy atom. The van der Waals surface area contributed by atoms with Crippen LogP contribution in [0.2, 0.25) is 0 Å². The smallest absolute Gasteiger partial charge is 0.224 e. The largest absolute Gasteiger partial charge is 0.342 e. The highest BCUT2D eigenvalue weighted by molar-refractivity contribution is 5.81. The number of likely N-dealkylation sites (tertiary alicyclic amines) is 2. The van der Waals surface area contributed by atoms with E-state index in [2.05, 4.69) is 9.97 Å². The first kappa shape index (κ1) is 15.2. The van der Waals surface area contributed by atoms with Crippen molar-refractivity contribution in [3.63, 3.8) is 0 Å². The first-order chi connectivity index (χ1) is 11.7. The van der Waals surface area contributed by atoms with Gasteiger partial charge in [-0.05, 0) is 31.4 Å². The Bertz CT molecular complexity index is 736. The molecule has 2 fully saturated rings. The van der Waals surface area contributed by atoms with Gasteiger partial charge in [0, 0.05) is 32.5 Å². The van der Waals surface area contributed by atoms with Crippen LogP contribution in [0.5, 0.6) is 0 Å². The van der Waals surface area contributed by atoms with E-state index in [1.54, 1.807) is 0 Å². The summed E-state index contributed by atoms with van der Waals surface area (Å²) in [4.78, 5) is 36.1. The minimum absolute atomic E-state index is 0.0270. The van der Waals surface area contributed by atoms with Gasteiger partial charge in [-0.1, -0.05) is 12.1 Å². The summed E-state index contributed by atoms with van der Waals surface area (Å²) in [6.07, 6.45) is 3.88. The molecule has 1 aromatic carbocycles. The van der Waals surface area contributed by atoms with Crippen LogP contribution in [0.4, 0.5) is 0 Å². The fourth-order valence-corrected chi connectivity index (χ4v) is 3.79. The molecule has 6 nitrogen and oxygen atoms in total. The Labute approximate surface area is 140 Å². The summed E-state index contributed by atoms with van der Waals surface area (Å²) in [5.74, 6) is 1.18. The van der Waals surface area contributed by atoms with Crippen LogP contribution in [0.15, 0.2) is 24.3 Å². The number of rotatable bonds is 4. The highest BCUT2D eigenvalue weighted by Gasteiger charge is 2.32. The fourth-order valence-electron chi connectivity index (χ4n) is 3.79. The van der Waals surface area contributed by atoms with Gasteiger partial charge in [-0.25, -0.2) is 4.98 Å². The maximum atomic E-state index is 12.7. The van der Waals surface area contributed by atoms with Gasteiger partial charge in [0.2, 0.25) is 11.8 Å². The van der Waals surface area contributed by atoms with Gasteiger partial charge in [0.1, 0.15) is 5.82 Å². The Kier molecular flexibility index (Phi) is 3.96. The van der Waals surface area contributed by atoms with E-state index in [4.69, 9.17) is 0 Å². The van der Waals surface area contributed by atoms with E-state index in [1.807, 2.05) is 34.1 Å². The molecule has 4 rings (SSSR count). The number of aromatic amines is 1. The van der Waals surface area contributed by atoms with Gasteiger partial charge in [-0.15, -0.1) is 0 Å². The zero-order valence-electron chi connectivity index (χ0n) is 13.7. The van der Waals surface area contributed by atoms with Crippen LogP contribution in [0.25, 0.3) is 11.0 Å². The van der Waals surface area contributed by atoms with E-state index in [9.17, 15) is 9.59 Å². The summed E-state index contributed by atoms with van der Waals surface area (Å²) >= 11 is 0. The van der Waals surface area contributed by atoms with Crippen LogP contribution >= 0.6 is 0 Å². The third kappa shape index (κ3) is 2.77. The number of nitrogens with zero attached hydrogens (tertiary/aromatic N) is 3. The van der Waals surface area contributed by atoms with Gasteiger partial charge < -0.3 is 14.8 Å². The molecular formula is C18H22N4O2. The zero-order chi connectivity index (χ0) is 16.5. The lowest BCUT2D eigenvalue weighted by Gasteiger charge is -2.24. The number of hydrogen-bond donors (Lipinski definition) is 1. The summed E-state index contributed by atoms with van der Waals surface area (Å²) < 4.78 is 0. The van der Waals surface area contributed by atoms with Crippen LogP contribution in [0.1, 0.15) is 44.0 Å². The molecule has 2 aromatic rings. The Balaban J connectivity index is 1.45. The molecule has 0 radical (unpaired) electrons. The van der Waals surface area contributed by atoms with E-state index in [0.717, 1.165) is 49.2 Å². The van der Waals surface area contributed by atoms with E-state index >= 15 is 0 Å².